The standard InChI is InChI=1S/C6HF7/c7-2-1-5(10,11)6(12,13)4(9)3(2)8/h1H. The maximum atomic E-state index is 12.2. The average molecular weight is 206 g/mol. The number of hydrogen-bond acceptors (Lipinski definition) is 0. The van der Waals surface area contributed by atoms with E-state index < -0.39 is 35.4 Å². The number of alkyl halides is 4. The van der Waals surface area contributed by atoms with Gasteiger partial charge in [0.1, 0.15) is 0 Å². The van der Waals surface area contributed by atoms with Crippen molar-refractivity contribution in [3.63, 3.8) is 0 Å². The predicted octanol–water partition coefficient (Wildman–Crippen LogP) is 3.27. The zero-order valence-electron chi connectivity index (χ0n) is 5.72. The van der Waals surface area contributed by atoms with Crippen molar-refractivity contribution in [1.29, 1.82) is 0 Å². The van der Waals surface area contributed by atoms with Crippen LogP contribution in [0.4, 0.5) is 30.7 Å². The molecule has 0 bridgehead atoms. The molecule has 0 aliphatic heterocycles. The molecular formula is C6HF7. The molecule has 0 saturated carbocycles. The van der Waals surface area contributed by atoms with Crippen molar-refractivity contribution in [2.45, 2.75) is 11.8 Å². The van der Waals surface area contributed by atoms with Gasteiger partial charge in [-0.15, -0.1) is 0 Å². The molecule has 0 saturated heterocycles. The zero-order valence-corrected chi connectivity index (χ0v) is 5.72. The van der Waals surface area contributed by atoms with Crippen molar-refractivity contribution >= 4 is 0 Å². The maximum Gasteiger partial charge on any atom is 0.367 e. The lowest BCUT2D eigenvalue weighted by molar-refractivity contribution is -0.169. The van der Waals surface area contributed by atoms with E-state index in [0.29, 0.717) is 0 Å². The molecule has 74 valence electrons. The molecule has 0 N–H and O–H groups in total. The summed E-state index contributed by atoms with van der Waals surface area (Å²) in [6, 6.07) is 0. The molecule has 0 aromatic carbocycles. The Morgan fingerprint density at radius 1 is 0.923 bits per heavy atom. The van der Waals surface area contributed by atoms with Crippen molar-refractivity contribution < 1.29 is 30.7 Å². The molecule has 0 aromatic rings. The third-order valence-corrected chi connectivity index (χ3v) is 1.40. The topological polar surface area (TPSA) is 0 Å². The van der Waals surface area contributed by atoms with Gasteiger partial charge in [-0.05, 0) is 0 Å². The highest BCUT2D eigenvalue weighted by Crippen LogP contribution is 2.48. The van der Waals surface area contributed by atoms with Crippen LogP contribution in [-0.2, 0) is 0 Å². The number of rotatable bonds is 0. The maximum absolute atomic E-state index is 12.2. The van der Waals surface area contributed by atoms with Crippen molar-refractivity contribution in [2.24, 2.45) is 0 Å². The molecule has 0 nitrogen and oxygen atoms in total. The van der Waals surface area contributed by atoms with E-state index in [4.69, 9.17) is 0 Å². The highest BCUT2D eigenvalue weighted by atomic mass is 19.3. The summed E-state index contributed by atoms with van der Waals surface area (Å²) in [5, 5.41) is 0. The number of halogens is 7. The lowest BCUT2D eigenvalue weighted by Crippen LogP contribution is -2.42. The van der Waals surface area contributed by atoms with Gasteiger partial charge in [-0.25, -0.2) is 13.2 Å². The summed E-state index contributed by atoms with van der Waals surface area (Å²) in [6.45, 7) is 0. The Morgan fingerprint density at radius 2 is 1.38 bits per heavy atom. The molecule has 0 aromatic heterocycles. The minimum absolute atomic E-state index is 0.953. The molecular weight excluding hydrogens is 205 g/mol. The van der Waals surface area contributed by atoms with E-state index in [1.54, 1.807) is 0 Å². The fourth-order valence-corrected chi connectivity index (χ4v) is 0.702. The summed E-state index contributed by atoms with van der Waals surface area (Å²) in [5.74, 6) is -18.4. The van der Waals surface area contributed by atoms with Crippen LogP contribution in [0.15, 0.2) is 23.6 Å². The number of hydrogen-bond donors (Lipinski definition) is 0. The van der Waals surface area contributed by atoms with E-state index in [-0.39, 0.29) is 0 Å². The van der Waals surface area contributed by atoms with E-state index >= 15 is 0 Å². The van der Waals surface area contributed by atoms with Crippen LogP contribution < -0.4 is 0 Å². The van der Waals surface area contributed by atoms with E-state index in [1.165, 1.54) is 0 Å². The lowest BCUT2D eigenvalue weighted by atomic mass is 10.0. The van der Waals surface area contributed by atoms with Crippen LogP contribution in [0.1, 0.15) is 0 Å². The molecule has 0 radical (unpaired) electrons. The van der Waals surface area contributed by atoms with Crippen LogP contribution in [0.25, 0.3) is 0 Å². The Morgan fingerprint density at radius 3 is 1.85 bits per heavy atom. The molecule has 0 unspecified atom stereocenters. The minimum atomic E-state index is -5.33. The lowest BCUT2D eigenvalue weighted by Gasteiger charge is -2.25. The van der Waals surface area contributed by atoms with E-state index in [1.807, 2.05) is 0 Å². The van der Waals surface area contributed by atoms with Gasteiger partial charge in [0.05, 0.1) is 0 Å². The first-order chi connectivity index (χ1) is 5.70. The summed E-state index contributed by atoms with van der Waals surface area (Å²) in [5.41, 5.74) is 0. The summed E-state index contributed by atoms with van der Waals surface area (Å²) in [4.78, 5) is 0. The van der Waals surface area contributed by atoms with E-state index in [0.717, 1.165) is 0 Å². The van der Waals surface area contributed by atoms with Gasteiger partial charge >= 0.3 is 11.8 Å². The van der Waals surface area contributed by atoms with E-state index in [9.17, 15) is 30.7 Å². The van der Waals surface area contributed by atoms with Crippen LogP contribution in [-0.4, -0.2) is 11.8 Å². The fourth-order valence-electron chi connectivity index (χ4n) is 0.702. The fraction of sp³-hybridized carbons (Fsp3) is 0.333. The second-order valence-electron chi connectivity index (χ2n) is 2.32. The molecule has 7 heteroatoms. The van der Waals surface area contributed by atoms with Crippen LogP contribution in [0.3, 0.4) is 0 Å². The Balaban J connectivity index is 3.32. The van der Waals surface area contributed by atoms with Crippen molar-refractivity contribution in [1.82, 2.24) is 0 Å². The Kier molecular flexibility index (Phi) is 1.93. The highest BCUT2D eigenvalue weighted by molar-refractivity contribution is 5.35. The van der Waals surface area contributed by atoms with Crippen molar-refractivity contribution in [3.8, 4) is 0 Å². The Labute approximate surface area is 67.3 Å². The van der Waals surface area contributed by atoms with Crippen LogP contribution in [0, 0.1) is 0 Å². The van der Waals surface area contributed by atoms with E-state index in [2.05, 4.69) is 0 Å². The van der Waals surface area contributed by atoms with Gasteiger partial charge in [-0.3, -0.25) is 0 Å². The van der Waals surface area contributed by atoms with Crippen LogP contribution in [0.5, 0.6) is 0 Å². The third kappa shape index (κ3) is 1.22. The van der Waals surface area contributed by atoms with Crippen LogP contribution >= 0.6 is 0 Å². The molecule has 13 heavy (non-hydrogen) atoms. The molecule has 0 atom stereocenters. The molecule has 0 amide bonds. The first-order valence-corrected chi connectivity index (χ1v) is 2.90. The first kappa shape index (κ1) is 10.1. The second-order valence-corrected chi connectivity index (χ2v) is 2.32. The van der Waals surface area contributed by atoms with Gasteiger partial charge in [0.2, 0.25) is 5.83 Å². The highest BCUT2D eigenvalue weighted by Gasteiger charge is 2.62. The summed E-state index contributed by atoms with van der Waals surface area (Å²) < 4.78 is 84.8. The molecule has 1 rings (SSSR count). The SMILES string of the molecule is FC1=CC(F)(F)C(F)(F)C(F)=C1F. The monoisotopic (exact) mass is 206 g/mol. The smallest absolute Gasteiger partial charge is 0.204 e. The number of allylic oxidation sites excluding steroid dienone is 4. The Bertz CT molecular complexity index is 298. The third-order valence-electron chi connectivity index (χ3n) is 1.40. The molecule has 0 heterocycles. The van der Waals surface area contributed by atoms with Gasteiger partial charge in [0.25, 0.3) is 0 Å². The Hall–Kier alpha value is -1.01. The zero-order chi connectivity index (χ0) is 10.4. The molecule has 0 spiro atoms. The predicted molar refractivity (Wildman–Crippen MR) is 28.3 cm³/mol. The quantitative estimate of drug-likeness (QED) is 0.533. The summed E-state index contributed by atoms with van der Waals surface area (Å²) >= 11 is 0. The second kappa shape index (κ2) is 2.49. The van der Waals surface area contributed by atoms with Crippen LogP contribution in [0.2, 0.25) is 0 Å². The van der Waals surface area contributed by atoms with Gasteiger partial charge in [-0.1, -0.05) is 0 Å². The molecule has 0 fully saturated rings. The molecule has 1 aliphatic carbocycles. The van der Waals surface area contributed by atoms with Gasteiger partial charge in [0, 0.05) is 6.08 Å². The summed E-state index contributed by atoms with van der Waals surface area (Å²) in [6.07, 6.45) is -0.953. The first-order valence-electron chi connectivity index (χ1n) is 2.90. The van der Waals surface area contributed by atoms with Gasteiger partial charge < -0.3 is 0 Å². The largest absolute Gasteiger partial charge is 0.367 e. The van der Waals surface area contributed by atoms with Crippen molar-refractivity contribution in [3.05, 3.63) is 23.6 Å². The van der Waals surface area contributed by atoms with Crippen molar-refractivity contribution in [2.75, 3.05) is 0 Å². The van der Waals surface area contributed by atoms with Gasteiger partial charge in [-0.2, -0.15) is 17.6 Å². The average Bonchev–Trinajstić information content (AvgIpc) is 1.98. The summed E-state index contributed by atoms with van der Waals surface area (Å²) in [7, 11) is 0. The normalized spacial score (nSPS) is 25.9. The van der Waals surface area contributed by atoms with Gasteiger partial charge in [0.15, 0.2) is 11.7 Å². The molecule has 1 aliphatic rings. The minimum Gasteiger partial charge on any atom is -0.204 e.